The van der Waals surface area contributed by atoms with Crippen molar-refractivity contribution >= 4 is 27.0 Å². The van der Waals surface area contributed by atoms with E-state index >= 15 is 0 Å². The lowest BCUT2D eigenvalue weighted by Crippen LogP contribution is -1.94. The van der Waals surface area contributed by atoms with Gasteiger partial charge in [0.2, 0.25) is 0 Å². The molecule has 1 heterocycles. The molecule has 0 unspecified atom stereocenters. The summed E-state index contributed by atoms with van der Waals surface area (Å²) >= 11 is 3.48. The van der Waals surface area contributed by atoms with Crippen LogP contribution in [-0.4, -0.2) is 24.2 Å². The molecule has 0 saturated heterocycles. The summed E-state index contributed by atoms with van der Waals surface area (Å²) in [5.74, 6) is 2.08. The van der Waals surface area contributed by atoms with Gasteiger partial charge in [0.05, 0.1) is 30.8 Å². The number of aromatic nitrogens is 2. The van der Waals surface area contributed by atoms with Crippen LogP contribution < -0.4 is 9.47 Å². The molecule has 5 heteroatoms. The Labute approximate surface area is 124 Å². The van der Waals surface area contributed by atoms with Crippen molar-refractivity contribution in [2.24, 2.45) is 0 Å². The minimum atomic E-state index is 0.662. The molecule has 0 saturated carbocycles. The predicted octanol–water partition coefficient (Wildman–Crippen LogP) is 4.01. The SMILES string of the molecule is COc1cc(Br)cc(-c2nc3ccccc3[nH]2)c1OC. The van der Waals surface area contributed by atoms with Gasteiger partial charge in [-0.2, -0.15) is 0 Å². The van der Waals surface area contributed by atoms with Gasteiger partial charge in [0.1, 0.15) is 5.82 Å². The second-order valence-corrected chi connectivity index (χ2v) is 5.21. The summed E-state index contributed by atoms with van der Waals surface area (Å²) in [6.45, 7) is 0. The lowest BCUT2D eigenvalue weighted by Gasteiger charge is -2.11. The van der Waals surface area contributed by atoms with Crippen LogP contribution in [0.1, 0.15) is 0 Å². The minimum Gasteiger partial charge on any atom is -0.493 e. The Kier molecular flexibility index (Phi) is 3.36. The van der Waals surface area contributed by atoms with Crippen LogP contribution in [-0.2, 0) is 0 Å². The molecule has 102 valence electrons. The molecule has 1 aromatic heterocycles. The predicted molar refractivity (Wildman–Crippen MR) is 82.3 cm³/mol. The van der Waals surface area contributed by atoms with Gasteiger partial charge in [-0.25, -0.2) is 4.98 Å². The molecule has 20 heavy (non-hydrogen) atoms. The topological polar surface area (TPSA) is 47.1 Å². The normalized spacial score (nSPS) is 10.8. The molecule has 0 radical (unpaired) electrons. The van der Waals surface area contributed by atoms with Crippen LogP contribution in [0.3, 0.4) is 0 Å². The molecule has 0 spiro atoms. The molecule has 0 fully saturated rings. The molecular weight excluding hydrogens is 320 g/mol. The van der Waals surface area contributed by atoms with Gasteiger partial charge >= 0.3 is 0 Å². The number of H-pyrrole nitrogens is 1. The largest absolute Gasteiger partial charge is 0.493 e. The maximum absolute atomic E-state index is 5.47. The molecule has 4 nitrogen and oxygen atoms in total. The Hall–Kier alpha value is -2.01. The van der Waals surface area contributed by atoms with Crippen LogP contribution in [0, 0.1) is 0 Å². The number of methoxy groups -OCH3 is 2. The van der Waals surface area contributed by atoms with Crippen LogP contribution in [0.4, 0.5) is 0 Å². The highest BCUT2D eigenvalue weighted by Crippen LogP contribution is 2.40. The number of rotatable bonds is 3. The second-order valence-electron chi connectivity index (χ2n) is 4.29. The maximum atomic E-state index is 5.47. The van der Waals surface area contributed by atoms with Crippen LogP contribution >= 0.6 is 15.9 Å². The third-order valence-electron chi connectivity index (χ3n) is 3.09. The number of para-hydroxylation sites is 2. The lowest BCUT2D eigenvalue weighted by atomic mass is 10.1. The third kappa shape index (κ3) is 2.14. The Balaban J connectivity index is 2.24. The van der Waals surface area contributed by atoms with Gasteiger partial charge in [-0.1, -0.05) is 28.1 Å². The van der Waals surface area contributed by atoms with Gasteiger partial charge in [-0.3, -0.25) is 0 Å². The Bertz CT molecular complexity index is 735. The fourth-order valence-electron chi connectivity index (χ4n) is 2.19. The molecule has 0 aliphatic rings. The van der Waals surface area contributed by atoms with Crippen LogP contribution in [0.5, 0.6) is 11.5 Å². The molecule has 0 atom stereocenters. The number of nitrogens with zero attached hydrogens (tertiary/aromatic N) is 1. The van der Waals surface area contributed by atoms with E-state index in [-0.39, 0.29) is 0 Å². The zero-order valence-electron chi connectivity index (χ0n) is 11.1. The van der Waals surface area contributed by atoms with Gasteiger partial charge in [-0.15, -0.1) is 0 Å². The molecule has 0 bridgehead atoms. The van der Waals surface area contributed by atoms with E-state index in [0.717, 1.165) is 26.9 Å². The first-order valence-corrected chi connectivity index (χ1v) is 6.89. The zero-order chi connectivity index (χ0) is 14.1. The van der Waals surface area contributed by atoms with Crippen molar-refractivity contribution in [3.63, 3.8) is 0 Å². The number of ether oxygens (including phenoxy) is 2. The van der Waals surface area contributed by atoms with Crippen molar-refractivity contribution in [2.45, 2.75) is 0 Å². The van der Waals surface area contributed by atoms with Gasteiger partial charge in [0.15, 0.2) is 11.5 Å². The Morgan fingerprint density at radius 2 is 1.90 bits per heavy atom. The summed E-state index contributed by atoms with van der Waals surface area (Å²) in [6.07, 6.45) is 0. The standard InChI is InChI=1S/C15H13BrN2O2/c1-19-13-8-9(16)7-10(14(13)20-2)15-17-11-5-3-4-6-12(11)18-15/h3-8H,1-2H3,(H,17,18). The van der Waals surface area contributed by atoms with E-state index in [1.54, 1.807) is 14.2 Å². The van der Waals surface area contributed by atoms with Crippen LogP contribution in [0.2, 0.25) is 0 Å². The third-order valence-corrected chi connectivity index (χ3v) is 3.55. The Morgan fingerprint density at radius 1 is 1.10 bits per heavy atom. The van der Waals surface area contributed by atoms with Gasteiger partial charge in [0.25, 0.3) is 0 Å². The fourth-order valence-corrected chi connectivity index (χ4v) is 2.62. The number of hydrogen-bond donors (Lipinski definition) is 1. The van der Waals surface area contributed by atoms with Crippen LogP contribution in [0.25, 0.3) is 22.4 Å². The minimum absolute atomic E-state index is 0.662. The van der Waals surface area contributed by atoms with E-state index < -0.39 is 0 Å². The summed E-state index contributed by atoms with van der Waals surface area (Å²) in [5, 5.41) is 0. The van der Waals surface area contributed by atoms with E-state index in [2.05, 4.69) is 25.9 Å². The van der Waals surface area contributed by atoms with E-state index in [0.29, 0.717) is 11.5 Å². The summed E-state index contributed by atoms with van der Waals surface area (Å²) < 4.78 is 11.7. The summed E-state index contributed by atoms with van der Waals surface area (Å²) in [4.78, 5) is 7.89. The molecule has 0 aliphatic carbocycles. The number of benzene rings is 2. The molecule has 0 aliphatic heterocycles. The smallest absolute Gasteiger partial charge is 0.171 e. The lowest BCUT2D eigenvalue weighted by molar-refractivity contribution is 0.356. The fraction of sp³-hybridized carbons (Fsp3) is 0.133. The molecule has 3 aromatic rings. The monoisotopic (exact) mass is 332 g/mol. The van der Waals surface area contributed by atoms with E-state index in [1.165, 1.54) is 0 Å². The molecular formula is C15H13BrN2O2. The second kappa shape index (κ2) is 5.17. The molecule has 2 aromatic carbocycles. The first kappa shape index (κ1) is 13.0. The molecule has 3 rings (SSSR count). The zero-order valence-corrected chi connectivity index (χ0v) is 12.7. The quantitative estimate of drug-likeness (QED) is 0.788. The van der Waals surface area contributed by atoms with Crippen molar-refractivity contribution in [2.75, 3.05) is 14.2 Å². The number of fused-ring (bicyclic) bond motifs is 1. The maximum Gasteiger partial charge on any atom is 0.171 e. The number of aromatic amines is 1. The van der Waals surface area contributed by atoms with Gasteiger partial charge in [0, 0.05) is 4.47 Å². The summed E-state index contributed by atoms with van der Waals surface area (Å²) in [5.41, 5.74) is 2.77. The summed E-state index contributed by atoms with van der Waals surface area (Å²) in [6, 6.07) is 11.7. The van der Waals surface area contributed by atoms with E-state index in [4.69, 9.17) is 9.47 Å². The number of imidazole rings is 1. The highest BCUT2D eigenvalue weighted by atomic mass is 79.9. The van der Waals surface area contributed by atoms with Crippen LogP contribution in [0.15, 0.2) is 40.9 Å². The first-order chi connectivity index (χ1) is 9.72. The average molecular weight is 333 g/mol. The van der Waals surface area contributed by atoms with Gasteiger partial charge in [-0.05, 0) is 24.3 Å². The highest BCUT2D eigenvalue weighted by Gasteiger charge is 2.16. The molecule has 0 amide bonds. The van der Waals surface area contributed by atoms with Gasteiger partial charge < -0.3 is 14.5 Å². The Morgan fingerprint density at radius 3 is 2.60 bits per heavy atom. The average Bonchev–Trinajstić information content (AvgIpc) is 2.90. The number of halogens is 1. The number of hydrogen-bond acceptors (Lipinski definition) is 3. The first-order valence-electron chi connectivity index (χ1n) is 6.09. The highest BCUT2D eigenvalue weighted by molar-refractivity contribution is 9.10. The van der Waals surface area contributed by atoms with Crippen molar-refractivity contribution in [3.05, 3.63) is 40.9 Å². The van der Waals surface area contributed by atoms with Crippen molar-refractivity contribution in [1.82, 2.24) is 9.97 Å². The van der Waals surface area contributed by atoms with Crippen molar-refractivity contribution in [1.29, 1.82) is 0 Å². The van der Waals surface area contributed by atoms with E-state index in [1.807, 2.05) is 36.4 Å². The van der Waals surface area contributed by atoms with E-state index in [9.17, 15) is 0 Å². The number of nitrogens with one attached hydrogen (secondary N) is 1. The molecule has 1 N–H and O–H groups in total. The summed E-state index contributed by atoms with van der Waals surface area (Å²) in [7, 11) is 3.24. The van der Waals surface area contributed by atoms with Crippen molar-refractivity contribution < 1.29 is 9.47 Å². The van der Waals surface area contributed by atoms with Crippen molar-refractivity contribution in [3.8, 4) is 22.9 Å².